The van der Waals surface area contributed by atoms with Gasteiger partial charge >= 0.3 is 0 Å². The van der Waals surface area contributed by atoms with Crippen LogP contribution in [0.3, 0.4) is 0 Å². The normalized spacial score (nSPS) is 13.7. The molecule has 3 heterocycles. The zero-order valence-electron chi connectivity index (χ0n) is 20.0. The van der Waals surface area contributed by atoms with E-state index in [-0.39, 0.29) is 36.6 Å². The first kappa shape index (κ1) is 25.3. The van der Waals surface area contributed by atoms with E-state index in [9.17, 15) is 23.9 Å². The van der Waals surface area contributed by atoms with E-state index in [4.69, 9.17) is 9.47 Å². The first-order chi connectivity index (χ1) is 17.3. The molecule has 1 aliphatic rings. The third kappa shape index (κ3) is 5.07. The molecule has 4 rings (SSSR count). The standard InChI is InChI=1S/C25H27FN4O6/c1-29-19-12-15(14-28-21(19)22(31)20(25(29)34)23(32)27-5-8-35-2)11-16-3-4-17(26)13-18(16)24(33)30-6-9-36-10-7-30/h3-4,12-14,31H,5-11H2,1-2H3,(H,27,32). The number of aryl methyl sites for hydroxylation is 1. The number of amides is 2. The van der Waals surface area contributed by atoms with Crippen LogP contribution in [0.1, 0.15) is 31.8 Å². The maximum Gasteiger partial charge on any atom is 0.267 e. The number of carbonyl (C=O) groups excluding carboxylic acids is 2. The average molecular weight is 499 g/mol. The van der Waals surface area contributed by atoms with Crippen molar-refractivity contribution in [1.82, 2.24) is 19.8 Å². The van der Waals surface area contributed by atoms with E-state index in [0.29, 0.717) is 42.9 Å². The molecule has 2 amide bonds. The number of ether oxygens (including phenoxy) is 2. The number of pyridine rings is 2. The van der Waals surface area contributed by atoms with Crippen LogP contribution in [0.2, 0.25) is 0 Å². The number of benzene rings is 1. The van der Waals surface area contributed by atoms with Gasteiger partial charge < -0.3 is 29.4 Å². The van der Waals surface area contributed by atoms with Crippen LogP contribution in [-0.4, -0.2) is 77.9 Å². The van der Waals surface area contributed by atoms with E-state index in [1.165, 1.54) is 37.1 Å². The minimum atomic E-state index is -0.726. The molecule has 2 N–H and O–H groups in total. The van der Waals surface area contributed by atoms with E-state index >= 15 is 0 Å². The first-order valence-electron chi connectivity index (χ1n) is 11.4. The number of nitrogens with one attached hydrogen (secondary N) is 1. The van der Waals surface area contributed by atoms with Crippen molar-refractivity contribution in [2.24, 2.45) is 7.05 Å². The number of rotatable bonds is 7. The molecule has 0 radical (unpaired) electrons. The topological polar surface area (TPSA) is 123 Å². The molecular formula is C25H27FN4O6. The average Bonchev–Trinajstić information content (AvgIpc) is 2.88. The van der Waals surface area contributed by atoms with Gasteiger partial charge in [-0.25, -0.2) is 4.39 Å². The van der Waals surface area contributed by atoms with Gasteiger partial charge in [0.1, 0.15) is 16.9 Å². The Kier molecular flexibility index (Phi) is 7.61. The number of nitrogens with zero attached hydrogens (tertiary/aromatic N) is 3. The minimum Gasteiger partial charge on any atom is -0.505 e. The molecule has 1 fully saturated rings. The van der Waals surface area contributed by atoms with Gasteiger partial charge in [0.2, 0.25) is 0 Å². The summed E-state index contributed by atoms with van der Waals surface area (Å²) in [4.78, 5) is 44.4. The Bertz CT molecular complexity index is 1370. The molecule has 0 aliphatic carbocycles. The number of fused-ring (bicyclic) bond motifs is 1. The summed E-state index contributed by atoms with van der Waals surface area (Å²) in [5, 5.41) is 13.2. The monoisotopic (exact) mass is 498 g/mol. The van der Waals surface area contributed by atoms with E-state index in [1.54, 1.807) is 17.0 Å². The van der Waals surface area contributed by atoms with Gasteiger partial charge in [-0.05, 0) is 35.7 Å². The van der Waals surface area contributed by atoms with Gasteiger partial charge in [-0.2, -0.15) is 0 Å². The Labute approximate surface area is 206 Å². The van der Waals surface area contributed by atoms with Crippen molar-refractivity contribution < 1.29 is 28.6 Å². The fourth-order valence-electron chi connectivity index (χ4n) is 4.14. The first-order valence-corrected chi connectivity index (χ1v) is 11.4. The van der Waals surface area contributed by atoms with Crippen molar-refractivity contribution >= 4 is 22.8 Å². The van der Waals surface area contributed by atoms with Gasteiger partial charge in [0.25, 0.3) is 17.4 Å². The summed E-state index contributed by atoms with van der Waals surface area (Å²) in [6, 6.07) is 5.72. The Morgan fingerprint density at radius 3 is 2.72 bits per heavy atom. The smallest absolute Gasteiger partial charge is 0.267 e. The molecule has 2 aromatic heterocycles. The van der Waals surface area contributed by atoms with Crippen molar-refractivity contribution in [3.63, 3.8) is 0 Å². The van der Waals surface area contributed by atoms with Crippen molar-refractivity contribution in [2.45, 2.75) is 6.42 Å². The number of hydrogen-bond acceptors (Lipinski definition) is 7. The number of carbonyl (C=O) groups is 2. The summed E-state index contributed by atoms with van der Waals surface area (Å²) >= 11 is 0. The highest BCUT2D eigenvalue weighted by Gasteiger charge is 2.24. The SMILES string of the molecule is COCCNC(=O)c1c(O)c2ncc(Cc3ccc(F)cc3C(=O)N3CCOCC3)cc2n(C)c1=O. The third-order valence-electron chi connectivity index (χ3n) is 6.08. The van der Waals surface area contributed by atoms with E-state index in [0.717, 1.165) is 0 Å². The maximum atomic E-state index is 14.1. The van der Waals surface area contributed by atoms with Gasteiger partial charge in [-0.3, -0.25) is 19.4 Å². The number of aromatic hydroxyl groups is 1. The second-order valence-electron chi connectivity index (χ2n) is 8.43. The number of methoxy groups -OCH3 is 1. The molecule has 0 bridgehead atoms. The molecule has 3 aromatic rings. The molecule has 0 saturated carbocycles. The summed E-state index contributed by atoms with van der Waals surface area (Å²) < 4.78 is 25.5. The minimum absolute atomic E-state index is 0.0847. The molecule has 190 valence electrons. The fraction of sp³-hybridized carbons (Fsp3) is 0.360. The van der Waals surface area contributed by atoms with Crippen LogP contribution in [-0.2, 0) is 22.9 Å². The summed E-state index contributed by atoms with van der Waals surface area (Å²) in [5.74, 6) is -2.04. The van der Waals surface area contributed by atoms with Crippen LogP contribution >= 0.6 is 0 Å². The largest absolute Gasteiger partial charge is 0.505 e. The molecule has 1 saturated heterocycles. The Morgan fingerprint density at radius 1 is 1.25 bits per heavy atom. The summed E-state index contributed by atoms with van der Waals surface area (Å²) in [7, 11) is 2.96. The highest BCUT2D eigenvalue weighted by Crippen LogP contribution is 2.26. The van der Waals surface area contributed by atoms with E-state index < -0.39 is 28.6 Å². The second kappa shape index (κ2) is 10.8. The molecular weight excluding hydrogens is 471 g/mol. The number of hydrogen-bond donors (Lipinski definition) is 2. The van der Waals surface area contributed by atoms with Gasteiger partial charge in [-0.15, -0.1) is 0 Å². The maximum absolute atomic E-state index is 14.1. The van der Waals surface area contributed by atoms with Crippen molar-refractivity contribution in [2.75, 3.05) is 46.6 Å². The Hall–Kier alpha value is -3.83. The van der Waals surface area contributed by atoms with Crippen molar-refractivity contribution in [3.05, 3.63) is 68.9 Å². The molecule has 36 heavy (non-hydrogen) atoms. The van der Waals surface area contributed by atoms with E-state index in [1.807, 2.05) is 0 Å². The van der Waals surface area contributed by atoms with Gasteiger partial charge in [0.15, 0.2) is 5.75 Å². The van der Waals surface area contributed by atoms with Crippen LogP contribution in [0, 0.1) is 5.82 Å². The fourth-order valence-corrected chi connectivity index (χ4v) is 4.14. The lowest BCUT2D eigenvalue weighted by Gasteiger charge is -2.27. The number of halogens is 1. The molecule has 1 aromatic carbocycles. The van der Waals surface area contributed by atoms with Gasteiger partial charge in [0.05, 0.1) is 25.3 Å². The van der Waals surface area contributed by atoms with Crippen LogP contribution in [0.25, 0.3) is 11.0 Å². The molecule has 0 unspecified atom stereocenters. The molecule has 10 nitrogen and oxygen atoms in total. The zero-order valence-corrected chi connectivity index (χ0v) is 20.0. The third-order valence-corrected chi connectivity index (χ3v) is 6.08. The Morgan fingerprint density at radius 2 is 2.00 bits per heavy atom. The number of morpholine rings is 1. The quantitative estimate of drug-likeness (QED) is 0.470. The van der Waals surface area contributed by atoms with Crippen LogP contribution in [0.5, 0.6) is 5.75 Å². The molecule has 0 atom stereocenters. The highest BCUT2D eigenvalue weighted by molar-refractivity contribution is 6.01. The van der Waals surface area contributed by atoms with E-state index in [2.05, 4.69) is 10.3 Å². The zero-order chi connectivity index (χ0) is 25.8. The van der Waals surface area contributed by atoms with Crippen LogP contribution < -0.4 is 10.9 Å². The predicted molar refractivity (Wildman–Crippen MR) is 129 cm³/mol. The van der Waals surface area contributed by atoms with Gasteiger partial charge in [0, 0.05) is 45.6 Å². The summed E-state index contributed by atoms with van der Waals surface area (Å²) in [6.07, 6.45) is 1.73. The summed E-state index contributed by atoms with van der Waals surface area (Å²) in [5.41, 5.74) is 0.788. The molecule has 0 spiro atoms. The predicted octanol–water partition coefficient (Wildman–Crippen LogP) is 1.22. The van der Waals surface area contributed by atoms with Gasteiger partial charge in [-0.1, -0.05) is 6.07 Å². The van der Waals surface area contributed by atoms with Crippen LogP contribution in [0.4, 0.5) is 4.39 Å². The molecule has 11 heteroatoms. The Balaban J connectivity index is 1.68. The lowest BCUT2D eigenvalue weighted by Crippen LogP contribution is -2.41. The lowest BCUT2D eigenvalue weighted by atomic mass is 9.99. The summed E-state index contributed by atoms with van der Waals surface area (Å²) in [6.45, 7) is 2.13. The van der Waals surface area contributed by atoms with Crippen molar-refractivity contribution in [1.29, 1.82) is 0 Å². The second-order valence-corrected chi connectivity index (χ2v) is 8.43. The highest BCUT2D eigenvalue weighted by atomic mass is 19.1. The van der Waals surface area contributed by atoms with Crippen LogP contribution in [0.15, 0.2) is 35.3 Å². The molecule has 1 aliphatic heterocycles. The van der Waals surface area contributed by atoms with Crippen molar-refractivity contribution in [3.8, 4) is 5.75 Å². The number of aromatic nitrogens is 2. The lowest BCUT2D eigenvalue weighted by molar-refractivity contribution is 0.0302.